The van der Waals surface area contributed by atoms with Gasteiger partial charge in [-0.15, -0.1) is 0 Å². The summed E-state index contributed by atoms with van der Waals surface area (Å²) in [6.07, 6.45) is -0.141. The van der Waals surface area contributed by atoms with Gasteiger partial charge in [0.05, 0.1) is 17.1 Å². The van der Waals surface area contributed by atoms with Crippen molar-refractivity contribution in [2.75, 3.05) is 11.4 Å². The predicted molar refractivity (Wildman–Crippen MR) is 75.9 cm³/mol. The van der Waals surface area contributed by atoms with Crippen molar-refractivity contribution in [3.63, 3.8) is 0 Å². The van der Waals surface area contributed by atoms with E-state index >= 15 is 0 Å². The minimum Gasteiger partial charge on any atom is -0.481 e. The smallest absolute Gasteiger partial charge is 0.305 e. The van der Waals surface area contributed by atoms with Crippen molar-refractivity contribution < 1.29 is 14.7 Å². The third kappa shape index (κ3) is 4.40. The molecule has 0 aromatic heterocycles. The number of nitrogens with zero attached hydrogens (tertiary/aromatic N) is 1. The number of halogens is 2. The van der Waals surface area contributed by atoms with Gasteiger partial charge in [0.1, 0.15) is 0 Å². The van der Waals surface area contributed by atoms with Crippen LogP contribution < -0.4 is 4.90 Å². The molecule has 1 amide bonds. The predicted octanol–water partition coefficient (Wildman–Crippen LogP) is 3.46. The number of carbonyl (C=O) groups excluding carboxylic acids is 1. The maximum absolute atomic E-state index is 12.1. The Bertz CT molecular complexity index is 489. The van der Waals surface area contributed by atoms with Gasteiger partial charge < -0.3 is 10.0 Å². The topological polar surface area (TPSA) is 57.6 Å². The van der Waals surface area contributed by atoms with Crippen LogP contribution in [0.5, 0.6) is 0 Å². The number of anilines is 1. The fraction of sp³-hybridized carbons (Fsp3) is 0.385. The minimum absolute atomic E-state index is 0.0771. The first-order valence-corrected chi connectivity index (χ1v) is 6.56. The molecule has 0 heterocycles. The first-order chi connectivity index (χ1) is 8.82. The highest BCUT2D eigenvalue weighted by atomic mass is 35.5. The Morgan fingerprint density at radius 2 is 1.95 bits per heavy atom. The standard InChI is InChI=1S/C13H15Cl2NO3/c1-8(2)13(19)16(6-5-12(17)18)11-4-3-9(14)7-10(11)15/h3-4,7-8H,5-6H2,1-2H3,(H,17,18). The van der Waals surface area contributed by atoms with Crippen LogP contribution in [0.1, 0.15) is 20.3 Å². The summed E-state index contributed by atoms with van der Waals surface area (Å²) in [7, 11) is 0. The molecule has 0 aliphatic heterocycles. The lowest BCUT2D eigenvalue weighted by molar-refractivity contribution is -0.136. The maximum atomic E-state index is 12.1. The molecule has 0 atom stereocenters. The lowest BCUT2D eigenvalue weighted by Crippen LogP contribution is -2.36. The normalized spacial score (nSPS) is 10.6. The molecule has 0 spiro atoms. The Morgan fingerprint density at radius 3 is 2.42 bits per heavy atom. The van der Waals surface area contributed by atoms with Crippen molar-refractivity contribution in [3.8, 4) is 0 Å². The fourth-order valence-electron chi connectivity index (χ4n) is 1.57. The van der Waals surface area contributed by atoms with Crippen LogP contribution in [0.2, 0.25) is 10.0 Å². The summed E-state index contributed by atoms with van der Waals surface area (Å²) in [5, 5.41) is 9.54. The number of hydrogen-bond donors (Lipinski definition) is 1. The van der Waals surface area contributed by atoms with Gasteiger partial charge in [-0.2, -0.15) is 0 Å². The molecule has 0 saturated heterocycles. The van der Waals surface area contributed by atoms with Gasteiger partial charge in [0, 0.05) is 17.5 Å². The third-order valence-corrected chi connectivity index (χ3v) is 3.05. The molecule has 19 heavy (non-hydrogen) atoms. The number of amides is 1. The van der Waals surface area contributed by atoms with Crippen molar-refractivity contribution in [2.24, 2.45) is 5.92 Å². The zero-order valence-corrected chi connectivity index (χ0v) is 12.2. The molecule has 1 N–H and O–H groups in total. The SMILES string of the molecule is CC(C)C(=O)N(CCC(=O)O)c1ccc(Cl)cc1Cl. The van der Waals surface area contributed by atoms with Crippen molar-refractivity contribution >= 4 is 40.8 Å². The monoisotopic (exact) mass is 303 g/mol. The van der Waals surface area contributed by atoms with Crippen LogP contribution in [0.4, 0.5) is 5.69 Å². The highest BCUT2D eigenvalue weighted by molar-refractivity contribution is 6.36. The van der Waals surface area contributed by atoms with E-state index in [0.717, 1.165) is 0 Å². The Morgan fingerprint density at radius 1 is 1.32 bits per heavy atom. The zero-order valence-electron chi connectivity index (χ0n) is 10.7. The van der Waals surface area contributed by atoms with Gasteiger partial charge in [-0.05, 0) is 18.2 Å². The summed E-state index contributed by atoms with van der Waals surface area (Å²) in [5.41, 5.74) is 0.478. The Kier molecular flexibility index (Phi) is 5.63. The molecule has 0 bridgehead atoms. The largest absolute Gasteiger partial charge is 0.481 e. The quantitative estimate of drug-likeness (QED) is 0.906. The van der Waals surface area contributed by atoms with Crippen LogP contribution in [0.25, 0.3) is 0 Å². The van der Waals surface area contributed by atoms with Crippen LogP contribution in [0.3, 0.4) is 0 Å². The summed E-state index contributed by atoms with van der Waals surface area (Å²) in [5.74, 6) is -1.39. The molecule has 0 unspecified atom stereocenters. The van der Waals surface area contributed by atoms with Crippen LogP contribution in [0.15, 0.2) is 18.2 Å². The molecule has 0 aliphatic carbocycles. The highest BCUT2D eigenvalue weighted by Crippen LogP contribution is 2.29. The van der Waals surface area contributed by atoms with Crippen LogP contribution in [-0.2, 0) is 9.59 Å². The highest BCUT2D eigenvalue weighted by Gasteiger charge is 2.21. The Hall–Kier alpha value is -1.26. The van der Waals surface area contributed by atoms with E-state index in [4.69, 9.17) is 28.3 Å². The van der Waals surface area contributed by atoms with Gasteiger partial charge in [-0.3, -0.25) is 9.59 Å². The van der Waals surface area contributed by atoms with E-state index in [1.54, 1.807) is 26.0 Å². The number of hydrogen-bond acceptors (Lipinski definition) is 2. The maximum Gasteiger partial charge on any atom is 0.305 e. The summed E-state index contributed by atoms with van der Waals surface area (Å²) < 4.78 is 0. The van der Waals surface area contributed by atoms with Gasteiger partial charge in [0.25, 0.3) is 0 Å². The lowest BCUT2D eigenvalue weighted by Gasteiger charge is -2.25. The molecular formula is C13H15Cl2NO3. The Balaban J connectivity index is 3.07. The van der Waals surface area contributed by atoms with Gasteiger partial charge in [0.15, 0.2) is 0 Å². The van der Waals surface area contributed by atoms with Crippen molar-refractivity contribution in [2.45, 2.75) is 20.3 Å². The van der Waals surface area contributed by atoms with Crippen LogP contribution in [-0.4, -0.2) is 23.5 Å². The molecule has 6 heteroatoms. The Labute approximate surface area is 121 Å². The van der Waals surface area contributed by atoms with Gasteiger partial charge in [-0.1, -0.05) is 37.0 Å². The molecule has 1 aromatic carbocycles. The van der Waals surface area contributed by atoms with Crippen molar-refractivity contribution in [3.05, 3.63) is 28.2 Å². The molecule has 0 fully saturated rings. The zero-order chi connectivity index (χ0) is 14.6. The summed E-state index contributed by atoms with van der Waals surface area (Å²) in [4.78, 5) is 24.2. The fourth-order valence-corrected chi connectivity index (χ4v) is 2.08. The molecule has 0 saturated carbocycles. The average Bonchev–Trinajstić information content (AvgIpc) is 2.30. The second kappa shape index (κ2) is 6.78. The van der Waals surface area contributed by atoms with Gasteiger partial charge in [-0.25, -0.2) is 0 Å². The van der Waals surface area contributed by atoms with E-state index in [1.165, 1.54) is 11.0 Å². The van der Waals surface area contributed by atoms with Crippen molar-refractivity contribution in [1.82, 2.24) is 0 Å². The summed E-state index contributed by atoms with van der Waals surface area (Å²) in [6, 6.07) is 4.76. The number of carboxylic acids is 1. The number of rotatable bonds is 5. The van der Waals surface area contributed by atoms with Crippen LogP contribution >= 0.6 is 23.2 Å². The van der Waals surface area contributed by atoms with E-state index in [9.17, 15) is 9.59 Å². The number of carbonyl (C=O) groups is 2. The van der Waals surface area contributed by atoms with E-state index in [-0.39, 0.29) is 24.8 Å². The third-order valence-electron chi connectivity index (χ3n) is 2.51. The molecular weight excluding hydrogens is 289 g/mol. The number of aliphatic carboxylic acids is 1. The first-order valence-electron chi connectivity index (χ1n) is 5.81. The van der Waals surface area contributed by atoms with E-state index in [2.05, 4.69) is 0 Å². The number of benzene rings is 1. The summed E-state index contributed by atoms with van der Waals surface area (Å²) in [6.45, 7) is 3.58. The van der Waals surface area contributed by atoms with Gasteiger partial charge >= 0.3 is 5.97 Å². The van der Waals surface area contributed by atoms with E-state index in [0.29, 0.717) is 15.7 Å². The second-order valence-corrected chi connectivity index (χ2v) is 5.23. The number of carboxylic acid groups (broad SMARTS) is 1. The second-order valence-electron chi connectivity index (χ2n) is 4.38. The molecule has 1 rings (SSSR count). The first kappa shape index (κ1) is 15.8. The lowest BCUT2D eigenvalue weighted by atomic mass is 10.1. The molecule has 0 radical (unpaired) electrons. The molecule has 0 aliphatic rings. The average molecular weight is 304 g/mol. The minimum atomic E-state index is -0.966. The van der Waals surface area contributed by atoms with Crippen molar-refractivity contribution in [1.29, 1.82) is 0 Å². The molecule has 1 aromatic rings. The van der Waals surface area contributed by atoms with Gasteiger partial charge in [0.2, 0.25) is 5.91 Å². The molecule has 4 nitrogen and oxygen atoms in total. The van der Waals surface area contributed by atoms with Crippen LogP contribution in [0, 0.1) is 5.92 Å². The van der Waals surface area contributed by atoms with E-state index < -0.39 is 5.97 Å². The van der Waals surface area contributed by atoms with E-state index in [1.807, 2.05) is 0 Å². The summed E-state index contributed by atoms with van der Waals surface area (Å²) >= 11 is 11.9. The molecule has 104 valence electrons.